The first-order chi connectivity index (χ1) is 10.6. The van der Waals surface area contributed by atoms with Crippen LogP contribution in [0.25, 0.3) is 0 Å². The minimum atomic E-state index is -1.00. The SMILES string of the molecule is Nc1ccc(C(=O)NC(=O)C(=O)NCc2ccccc2)cc1. The van der Waals surface area contributed by atoms with Gasteiger partial charge in [-0.15, -0.1) is 0 Å². The molecule has 0 aromatic heterocycles. The molecule has 112 valence electrons. The number of imide groups is 1. The molecule has 0 heterocycles. The van der Waals surface area contributed by atoms with Gasteiger partial charge in [0, 0.05) is 17.8 Å². The summed E-state index contributed by atoms with van der Waals surface area (Å²) < 4.78 is 0. The molecular weight excluding hydrogens is 282 g/mol. The van der Waals surface area contributed by atoms with Crippen LogP contribution in [-0.4, -0.2) is 17.7 Å². The van der Waals surface area contributed by atoms with Crippen LogP contribution in [0.4, 0.5) is 5.69 Å². The number of benzene rings is 2. The molecule has 4 N–H and O–H groups in total. The number of amides is 3. The highest BCUT2D eigenvalue weighted by Gasteiger charge is 2.17. The van der Waals surface area contributed by atoms with Gasteiger partial charge in [-0.2, -0.15) is 0 Å². The van der Waals surface area contributed by atoms with E-state index in [2.05, 4.69) is 5.32 Å². The first-order valence-corrected chi connectivity index (χ1v) is 6.59. The topological polar surface area (TPSA) is 101 Å². The van der Waals surface area contributed by atoms with Crippen LogP contribution < -0.4 is 16.4 Å². The lowest BCUT2D eigenvalue weighted by molar-refractivity contribution is -0.138. The molecule has 0 aliphatic carbocycles. The number of rotatable bonds is 3. The third-order valence-corrected chi connectivity index (χ3v) is 2.90. The van der Waals surface area contributed by atoms with Crippen LogP contribution >= 0.6 is 0 Å². The molecule has 0 bridgehead atoms. The van der Waals surface area contributed by atoms with E-state index < -0.39 is 17.7 Å². The summed E-state index contributed by atoms with van der Waals surface area (Å²) in [4.78, 5) is 35.1. The van der Waals surface area contributed by atoms with Crippen molar-refractivity contribution in [2.75, 3.05) is 5.73 Å². The van der Waals surface area contributed by atoms with Crippen LogP contribution in [-0.2, 0) is 16.1 Å². The predicted molar refractivity (Wildman–Crippen MR) is 81.6 cm³/mol. The van der Waals surface area contributed by atoms with E-state index in [0.717, 1.165) is 5.56 Å². The number of carbonyl (C=O) groups is 3. The summed E-state index contributed by atoms with van der Waals surface area (Å²) in [6.07, 6.45) is 0. The Hall–Kier alpha value is -3.15. The van der Waals surface area contributed by atoms with Gasteiger partial charge in [0.15, 0.2) is 0 Å². The van der Waals surface area contributed by atoms with Crippen molar-refractivity contribution in [3.05, 3.63) is 65.7 Å². The van der Waals surface area contributed by atoms with E-state index in [0.29, 0.717) is 5.69 Å². The van der Waals surface area contributed by atoms with E-state index in [1.54, 1.807) is 0 Å². The molecule has 22 heavy (non-hydrogen) atoms. The van der Waals surface area contributed by atoms with Crippen LogP contribution in [0.5, 0.6) is 0 Å². The molecule has 2 rings (SSSR count). The molecule has 0 spiro atoms. The normalized spacial score (nSPS) is 9.82. The zero-order valence-electron chi connectivity index (χ0n) is 11.7. The lowest BCUT2D eigenvalue weighted by Gasteiger charge is -2.06. The fourth-order valence-electron chi connectivity index (χ4n) is 1.73. The van der Waals surface area contributed by atoms with Gasteiger partial charge in [-0.25, -0.2) is 0 Å². The highest BCUT2D eigenvalue weighted by Crippen LogP contribution is 2.05. The molecule has 2 aromatic rings. The van der Waals surface area contributed by atoms with Crippen molar-refractivity contribution in [2.24, 2.45) is 0 Å². The molecule has 6 nitrogen and oxygen atoms in total. The molecule has 0 aliphatic rings. The molecular formula is C16H15N3O3. The maximum Gasteiger partial charge on any atom is 0.316 e. The molecule has 0 saturated carbocycles. The van der Waals surface area contributed by atoms with Gasteiger partial charge in [0.25, 0.3) is 5.91 Å². The van der Waals surface area contributed by atoms with Crippen molar-refractivity contribution in [3.63, 3.8) is 0 Å². The zero-order chi connectivity index (χ0) is 15.9. The van der Waals surface area contributed by atoms with Crippen LogP contribution in [0, 0.1) is 0 Å². The first kappa shape index (κ1) is 15.2. The molecule has 6 heteroatoms. The van der Waals surface area contributed by atoms with E-state index in [1.165, 1.54) is 24.3 Å². The number of nitrogens with one attached hydrogen (secondary N) is 2. The quantitative estimate of drug-likeness (QED) is 0.577. The van der Waals surface area contributed by atoms with Gasteiger partial charge in [-0.05, 0) is 29.8 Å². The summed E-state index contributed by atoms with van der Waals surface area (Å²) >= 11 is 0. The van der Waals surface area contributed by atoms with Crippen LogP contribution in [0.2, 0.25) is 0 Å². The maximum atomic E-state index is 11.8. The van der Waals surface area contributed by atoms with Crippen molar-refractivity contribution in [1.29, 1.82) is 0 Å². The van der Waals surface area contributed by atoms with E-state index in [-0.39, 0.29) is 12.1 Å². The second-order valence-electron chi connectivity index (χ2n) is 4.57. The van der Waals surface area contributed by atoms with Crippen molar-refractivity contribution < 1.29 is 14.4 Å². The Labute approximate surface area is 127 Å². The fourth-order valence-corrected chi connectivity index (χ4v) is 1.73. The van der Waals surface area contributed by atoms with Crippen LogP contribution in [0.3, 0.4) is 0 Å². The molecule has 0 fully saturated rings. The third kappa shape index (κ3) is 4.17. The van der Waals surface area contributed by atoms with Gasteiger partial charge in [0.2, 0.25) is 0 Å². The number of hydrogen-bond donors (Lipinski definition) is 3. The van der Waals surface area contributed by atoms with Gasteiger partial charge >= 0.3 is 11.8 Å². The second kappa shape index (κ2) is 7.03. The van der Waals surface area contributed by atoms with Gasteiger partial charge in [-0.3, -0.25) is 19.7 Å². The molecule has 0 atom stereocenters. The Kier molecular flexibility index (Phi) is 4.87. The molecule has 0 unspecified atom stereocenters. The van der Waals surface area contributed by atoms with E-state index in [9.17, 15) is 14.4 Å². The lowest BCUT2D eigenvalue weighted by Crippen LogP contribution is -2.42. The molecule has 0 aliphatic heterocycles. The Morgan fingerprint density at radius 3 is 2.14 bits per heavy atom. The minimum absolute atomic E-state index is 0.211. The van der Waals surface area contributed by atoms with E-state index in [4.69, 9.17) is 5.73 Å². The highest BCUT2D eigenvalue weighted by atomic mass is 16.2. The summed E-state index contributed by atoms with van der Waals surface area (Å²) in [5.41, 5.74) is 7.12. The second-order valence-corrected chi connectivity index (χ2v) is 4.57. The molecule has 2 aromatic carbocycles. The summed E-state index contributed by atoms with van der Waals surface area (Å²) in [7, 11) is 0. The van der Waals surface area contributed by atoms with Gasteiger partial charge < -0.3 is 11.1 Å². The lowest BCUT2D eigenvalue weighted by atomic mass is 10.2. The van der Waals surface area contributed by atoms with E-state index in [1.807, 2.05) is 35.6 Å². The number of carbonyl (C=O) groups excluding carboxylic acids is 3. The first-order valence-electron chi connectivity index (χ1n) is 6.59. The summed E-state index contributed by atoms with van der Waals surface area (Å²) in [6.45, 7) is 0.211. The van der Waals surface area contributed by atoms with Crippen LogP contribution in [0.1, 0.15) is 15.9 Å². The highest BCUT2D eigenvalue weighted by molar-refractivity contribution is 6.38. The standard InChI is InChI=1S/C16H15N3O3/c17-13-8-6-12(7-9-13)14(20)19-16(22)15(21)18-10-11-4-2-1-3-5-11/h1-9H,10,17H2,(H,18,21)(H,19,20,22). The Morgan fingerprint density at radius 1 is 0.864 bits per heavy atom. The Morgan fingerprint density at radius 2 is 1.50 bits per heavy atom. The molecule has 0 radical (unpaired) electrons. The predicted octanol–water partition coefficient (Wildman–Crippen LogP) is 0.842. The summed E-state index contributed by atoms with van der Waals surface area (Å²) in [5.74, 6) is -2.52. The number of nitrogens with two attached hydrogens (primary N) is 1. The zero-order valence-corrected chi connectivity index (χ0v) is 11.7. The Balaban J connectivity index is 1.87. The average molecular weight is 297 g/mol. The maximum absolute atomic E-state index is 11.8. The minimum Gasteiger partial charge on any atom is -0.399 e. The van der Waals surface area contributed by atoms with Crippen molar-refractivity contribution in [2.45, 2.75) is 6.54 Å². The largest absolute Gasteiger partial charge is 0.399 e. The fraction of sp³-hybridized carbons (Fsp3) is 0.0625. The molecule has 3 amide bonds. The van der Waals surface area contributed by atoms with Crippen molar-refractivity contribution in [3.8, 4) is 0 Å². The smallest absolute Gasteiger partial charge is 0.316 e. The van der Waals surface area contributed by atoms with E-state index >= 15 is 0 Å². The number of anilines is 1. The average Bonchev–Trinajstić information content (AvgIpc) is 2.54. The summed E-state index contributed by atoms with van der Waals surface area (Å²) in [5, 5.41) is 4.46. The van der Waals surface area contributed by atoms with Crippen molar-refractivity contribution >= 4 is 23.4 Å². The third-order valence-electron chi connectivity index (χ3n) is 2.90. The summed E-state index contributed by atoms with van der Waals surface area (Å²) in [6, 6.07) is 15.2. The number of nitrogen functional groups attached to an aromatic ring is 1. The van der Waals surface area contributed by atoms with Crippen molar-refractivity contribution in [1.82, 2.24) is 10.6 Å². The monoisotopic (exact) mass is 297 g/mol. The molecule has 0 saturated heterocycles. The van der Waals surface area contributed by atoms with Crippen LogP contribution in [0.15, 0.2) is 54.6 Å². The Bertz CT molecular complexity index is 682. The van der Waals surface area contributed by atoms with Gasteiger partial charge in [-0.1, -0.05) is 30.3 Å². The van der Waals surface area contributed by atoms with Gasteiger partial charge in [0.05, 0.1) is 0 Å². The van der Waals surface area contributed by atoms with Gasteiger partial charge in [0.1, 0.15) is 0 Å². The number of hydrogen-bond acceptors (Lipinski definition) is 4.